The van der Waals surface area contributed by atoms with E-state index in [-0.39, 0.29) is 5.69 Å². The number of rotatable bonds is 4. The third kappa shape index (κ3) is 2.33. The third-order valence-corrected chi connectivity index (χ3v) is 2.97. The molecule has 6 heteroatoms. The molecule has 0 amide bonds. The van der Waals surface area contributed by atoms with E-state index in [0.29, 0.717) is 19.1 Å². The van der Waals surface area contributed by atoms with Crippen molar-refractivity contribution in [2.24, 2.45) is 0 Å². The summed E-state index contributed by atoms with van der Waals surface area (Å²) in [6.45, 7) is 3.06. The highest BCUT2D eigenvalue weighted by molar-refractivity contribution is 4.99. The first kappa shape index (κ1) is 11.3. The van der Waals surface area contributed by atoms with Crippen molar-refractivity contribution in [3.8, 4) is 0 Å². The minimum absolute atomic E-state index is 0.141. The SMILES string of the molecule is COCCn1c([C@@H]2CCCNC2)n[nH]c1=O. The Morgan fingerprint density at radius 3 is 3.19 bits per heavy atom. The molecule has 0 spiro atoms. The number of nitrogens with one attached hydrogen (secondary N) is 2. The molecule has 0 radical (unpaired) electrons. The second-order valence-electron chi connectivity index (χ2n) is 4.07. The van der Waals surface area contributed by atoms with Crippen LogP contribution in [0.1, 0.15) is 24.6 Å². The average molecular weight is 226 g/mol. The molecule has 0 bridgehead atoms. The van der Waals surface area contributed by atoms with Crippen molar-refractivity contribution in [1.82, 2.24) is 20.1 Å². The number of nitrogens with zero attached hydrogens (tertiary/aromatic N) is 2. The van der Waals surface area contributed by atoms with E-state index < -0.39 is 0 Å². The fourth-order valence-corrected chi connectivity index (χ4v) is 2.11. The fourth-order valence-electron chi connectivity index (χ4n) is 2.11. The van der Waals surface area contributed by atoms with Gasteiger partial charge in [-0.05, 0) is 19.4 Å². The Morgan fingerprint density at radius 2 is 2.50 bits per heavy atom. The number of aromatic amines is 1. The summed E-state index contributed by atoms with van der Waals surface area (Å²) in [4.78, 5) is 11.6. The van der Waals surface area contributed by atoms with Crippen LogP contribution in [0.3, 0.4) is 0 Å². The standard InChI is InChI=1S/C10H18N4O2/c1-16-6-5-14-9(12-13-10(14)15)8-3-2-4-11-7-8/h8,11H,2-7H2,1H3,(H,13,15)/t8-/m1/s1. The highest BCUT2D eigenvalue weighted by Gasteiger charge is 2.21. The minimum atomic E-state index is -0.141. The summed E-state index contributed by atoms with van der Waals surface area (Å²) in [6, 6.07) is 0. The molecule has 0 aliphatic carbocycles. The van der Waals surface area contributed by atoms with Crippen molar-refractivity contribution in [2.45, 2.75) is 25.3 Å². The van der Waals surface area contributed by atoms with E-state index in [9.17, 15) is 4.79 Å². The second-order valence-corrected chi connectivity index (χ2v) is 4.07. The molecule has 6 nitrogen and oxygen atoms in total. The number of piperidine rings is 1. The van der Waals surface area contributed by atoms with Crippen LogP contribution in [0.4, 0.5) is 0 Å². The summed E-state index contributed by atoms with van der Waals surface area (Å²) in [6.07, 6.45) is 2.22. The maximum Gasteiger partial charge on any atom is 0.343 e. The Bertz CT molecular complexity index is 378. The van der Waals surface area contributed by atoms with E-state index in [1.807, 2.05) is 0 Å². The van der Waals surface area contributed by atoms with Crippen LogP contribution in [0.25, 0.3) is 0 Å². The van der Waals surface area contributed by atoms with Crippen LogP contribution in [-0.4, -0.2) is 41.6 Å². The molecule has 1 saturated heterocycles. The van der Waals surface area contributed by atoms with Gasteiger partial charge in [-0.1, -0.05) is 0 Å². The fraction of sp³-hybridized carbons (Fsp3) is 0.800. The summed E-state index contributed by atoms with van der Waals surface area (Å²) in [5.41, 5.74) is -0.141. The van der Waals surface area contributed by atoms with Crippen LogP contribution in [0.15, 0.2) is 4.79 Å². The molecular formula is C10H18N4O2. The van der Waals surface area contributed by atoms with Crippen LogP contribution in [0, 0.1) is 0 Å². The molecule has 1 aromatic rings. The van der Waals surface area contributed by atoms with Crippen molar-refractivity contribution in [1.29, 1.82) is 0 Å². The molecule has 1 fully saturated rings. The first-order valence-corrected chi connectivity index (χ1v) is 5.67. The van der Waals surface area contributed by atoms with E-state index >= 15 is 0 Å². The molecule has 0 saturated carbocycles. The van der Waals surface area contributed by atoms with E-state index in [1.54, 1.807) is 11.7 Å². The van der Waals surface area contributed by atoms with Gasteiger partial charge in [-0.3, -0.25) is 4.57 Å². The lowest BCUT2D eigenvalue weighted by molar-refractivity contribution is 0.184. The first-order valence-electron chi connectivity index (χ1n) is 5.67. The zero-order valence-electron chi connectivity index (χ0n) is 9.53. The Morgan fingerprint density at radius 1 is 1.62 bits per heavy atom. The van der Waals surface area contributed by atoms with Gasteiger partial charge in [0.1, 0.15) is 5.82 Å². The number of methoxy groups -OCH3 is 1. The lowest BCUT2D eigenvalue weighted by Crippen LogP contribution is -2.31. The van der Waals surface area contributed by atoms with Crippen LogP contribution in [0.2, 0.25) is 0 Å². The van der Waals surface area contributed by atoms with Crippen molar-refractivity contribution in [3.05, 3.63) is 16.3 Å². The van der Waals surface area contributed by atoms with E-state index in [1.165, 1.54) is 0 Å². The predicted octanol–water partition coefficient (Wildman–Crippen LogP) is -0.315. The van der Waals surface area contributed by atoms with Crippen molar-refractivity contribution in [2.75, 3.05) is 26.8 Å². The van der Waals surface area contributed by atoms with Crippen molar-refractivity contribution in [3.63, 3.8) is 0 Å². The summed E-state index contributed by atoms with van der Waals surface area (Å²) < 4.78 is 6.68. The monoisotopic (exact) mass is 226 g/mol. The molecule has 2 N–H and O–H groups in total. The molecule has 2 rings (SSSR count). The number of hydrogen-bond donors (Lipinski definition) is 2. The van der Waals surface area contributed by atoms with Gasteiger partial charge in [0.05, 0.1) is 13.2 Å². The van der Waals surface area contributed by atoms with E-state index in [2.05, 4.69) is 15.5 Å². The molecule has 2 heterocycles. The van der Waals surface area contributed by atoms with Gasteiger partial charge in [0.15, 0.2) is 0 Å². The van der Waals surface area contributed by atoms with Gasteiger partial charge < -0.3 is 10.1 Å². The zero-order chi connectivity index (χ0) is 11.4. The number of aromatic nitrogens is 3. The summed E-state index contributed by atoms with van der Waals surface area (Å²) in [7, 11) is 1.63. The van der Waals surface area contributed by atoms with Crippen LogP contribution in [0.5, 0.6) is 0 Å². The molecule has 1 aromatic heterocycles. The molecule has 0 unspecified atom stereocenters. The zero-order valence-corrected chi connectivity index (χ0v) is 9.53. The molecule has 90 valence electrons. The van der Waals surface area contributed by atoms with Gasteiger partial charge in [0.2, 0.25) is 0 Å². The summed E-state index contributed by atoms with van der Waals surface area (Å²) in [5, 5.41) is 9.97. The Balaban J connectivity index is 2.15. The molecule has 16 heavy (non-hydrogen) atoms. The van der Waals surface area contributed by atoms with Gasteiger partial charge in [-0.2, -0.15) is 5.10 Å². The predicted molar refractivity (Wildman–Crippen MR) is 59.6 cm³/mol. The maximum absolute atomic E-state index is 11.6. The van der Waals surface area contributed by atoms with Crippen LogP contribution in [-0.2, 0) is 11.3 Å². The van der Waals surface area contributed by atoms with Gasteiger partial charge >= 0.3 is 5.69 Å². The highest BCUT2D eigenvalue weighted by Crippen LogP contribution is 2.19. The van der Waals surface area contributed by atoms with Gasteiger partial charge in [0, 0.05) is 19.6 Å². The smallest absolute Gasteiger partial charge is 0.343 e. The molecule has 0 aromatic carbocycles. The van der Waals surface area contributed by atoms with Crippen LogP contribution < -0.4 is 11.0 Å². The normalized spacial score (nSPS) is 21.2. The van der Waals surface area contributed by atoms with Gasteiger partial charge in [-0.15, -0.1) is 0 Å². The van der Waals surface area contributed by atoms with E-state index in [0.717, 1.165) is 31.8 Å². The average Bonchev–Trinajstić information content (AvgIpc) is 2.69. The lowest BCUT2D eigenvalue weighted by Gasteiger charge is -2.22. The van der Waals surface area contributed by atoms with Gasteiger partial charge in [0.25, 0.3) is 0 Å². The van der Waals surface area contributed by atoms with Gasteiger partial charge in [-0.25, -0.2) is 9.89 Å². The van der Waals surface area contributed by atoms with Crippen LogP contribution >= 0.6 is 0 Å². The second kappa shape index (κ2) is 5.27. The Labute approximate surface area is 94.0 Å². The topological polar surface area (TPSA) is 71.9 Å². The van der Waals surface area contributed by atoms with E-state index in [4.69, 9.17) is 4.74 Å². The highest BCUT2D eigenvalue weighted by atomic mass is 16.5. The molecular weight excluding hydrogens is 208 g/mol. The summed E-state index contributed by atoms with van der Waals surface area (Å²) in [5.74, 6) is 1.19. The quantitative estimate of drug-likeness (QED) is 0.738. The number of H-pyrrole nitrogens is 1. The number of ether oxygens (including phenoxy) is 1. The largest absolute Gasteiger partial charge is 0.383 e. The molecule has 1 aliphatic heterocycles. The Hall–Kier alpha value is -1.14. The third-order valence-electron chi connectivity index (χ3n) is 2.97. The number of hydrogen-bond acceptors (Lipinski definition) is 4. The molecule has 1 aliphatic rings. The minimum Gasteiger partial charge on any atom is -0.383 e. The lowest BCUT2D eigenvalue weighted by atomic mass is 9.99. The van der Waals surface area contributed by atoms with Crippen molar-refractivity contribution < 1.29 is 4.74 Å². The summed E-state index contributed by atoms with van der Waals surface area (Å²) >= 11 is 0. The Kier molecular flexibility index (Phi) is 3.74. The first-order chi connectivity index (χ1) is 7.83. The molecule has 1 atom stereocenters. The maximum atomic E-state index is 11.6. The van der Waals surface area contributed by atoms with Crippen molar-refractivity contribution >= 4 is 0 Å².